The summed E-state index contributed by atoms with van der Waals surface area (Å²) in [7, 11) is 0. The lowest BCUT2D eigenvalue weighted by molar-refractivity contribution is 0.569. The Kier molecular flexibility index (Phi) is 10.5. The molecule has 0 spiro atoms. The number of benzene rings is 10. The zero-order valence-electron chi connectivity index (χ0n) is 43.2. The van der Waals surface area contributed by atoms with E-state index in [9.17, 15) is 0 Å². The van der Waals surface area contributed by atoms with E-state index >= 15 is 0 Å². The van der Waals surface area contributed by atoms with Gasteiger partial charge in [0.15, 0.2) is 0 Å². The molecular formula is C71H63N. The maximum absolute atomic E-state index is 2.61. The second kappa shape index (κ2) is 16.7. The summed E-state index contributed by atoms with van der Waals surface area (Å²) in [6.07, 6.45) is 0. The van der Waals surface area contributed by atoms with Crippen LogP contribution in [0.2, 0.25) is 0 Å². The quantitative estimate of drug-likeness (QED) is 0.154. The first-order chi connectivity index (χ1) is 34.7. The predicted octanol–water partition coefficient (Wildman–Crippen LogP) is 19.5. The van der Waals surface area contributed by atoms with Crippen LogP contribution in [0.25, 0.3) is 66.4 Å². The van der Waals surface area contributed by atoms with Crippen LogP contribution in [0.4, 0.5) is 17.1 Å². The lowest BCUT2D eigenvalue weighted by atomic mass is 9.74. The highest BCUT2D eigenvalue weighted by Gasteiger charge is 2.43. The van der Waals surface area contributed by atoms with Crippen LogP contribution in [0.15, 0.2) is 218 Å². The maximum atomic E-state index is 2.61. The van der Waals surface area contributed by atoms with Gasteiger partial charge in [-0.05, 0) is 125 Å². The van der Waals surface area contributed by atoms with Gasteiger partial charge in [-0.1, -0.05) is 256 Å². The van der Waals surface area contributed by atoms with Gasteiger partial charge < -0.3 is 4.90 Å². The van der Waals surface area contributed by atoms with Crippen molar-refractivity contribution in [1.82, 2.24) is 0 Å². The van der Waals surface area contributed by atoms with Crippen LogP contribution in [0.3, 0.4) is 0 Å². The third-order valence-corrected chi connectivity index (χ3v) is 16.3. The van der Waals surface area contributed by atoms with Crippen LogP contribution >= 0.6 is 0 Å². The van der Waals surface area contributed by atoms with Crippen LogP contribution in [-0.4, -0.2) is 0 Å². The van der Waals surface area contributed by atoms with Crippen LogP contribution in [-0.2, 0) is 21.7 Å². The SMILES string of the molecule is CC(C)(C)c1cc(-c2cccc3cccc(-c4ccccc4N(c4ccccc4-c4cccc5c4-c4ccccc4C5(C)C)c4cccc5c4-c4ccccc4C5(C)c4ccccc4)c23)cc(C(C)(C)C)c1. The van der Waals surface area contributed by atoms with Crippen molar-refractivity contribution < 1.29 is 0 Å². The molecule has 1 nitrogen and oxygen atoms in total. The van der Waals surface area contributed by atoms with Crippen LogP contribution in [0.5, 0.6) is 0 Å². The summed E-state index contributed by atoms with van der Waals surface area (Å²) in [5.41, 5.74) is 24.7. The van der Waals surface area contributed by atoms with E-state index in [2.05, 4.69) is 286 Å². The van der Waals surface area contributed by atoms with E-state index < -0.39 is 0 Å². The molecule has 0 aromatic heterocycles. The number of nitrogens with zero attached hydrogens (tertiary/aromatic N) is 1. The van der Waals surface area contributed by atoms with Gasteiger partial charge in [0.2, 0.25) is 0 Å². The number of hydrogen-bond donors (Lipinski definition) is 0. The van der Waals surface area contributed by atoms with Crippen molar-refractivity contribution in [3.63, 3.8) is 0 Å². The van der Waals surface area contributed by atoms with Crippen molar-refractivity contribution >= 4 is 27.8 Å². The van der Waals surface area contributed by atoms with E-state index in [0.717, 1.165) is 17.1 Å². The number of para-hydroxylation sites is 2. The molecule has 0 fully saturated rings. The number of rotatable bonds is 7. The monoisotopic (exact) mass is 929 g/mol. The van der Waals surface area contributed by atoms with Crippen molar-refractivity contribution in [1.29, 1.82) is 0 Å². The van der Waals surface area contributed by atoms with Crippen LogP contribution in [0.1, 0.15) is 101 Å². The molecule has 1 unspecified atom stereocenters. The highest BCUT2D eigenvalue weighted by atomic mass is 15.2. The third-order valence-electron chi connectivity index (χ3n) is 16.3. The number of anilines is 3. The number of hydrogen-bond acceptors (Lipinski definition) is 1. The molecule has 1 atom stereocenters. The first-order valence-corrected chi connectivity index (χ1v) is 25.8. The summed E-state index contributed by atoms with van der Waals surface area (Å²) in [5.74, 6) is 0. The normalized spacial score (nSPS) is 15.5. The zero-order chi connectivity index (χ0) is 49.7. The van der Waals surface area contributed by atoms with Crippen molar-refractivity contribution in [2.45, 2.75) is 84.0 Å². The molecule has 0 saturated carbocycles. The molecule has 0 amide bonds. The van der Waals surface area contributed by atoms with Crippen LogP contribution in [0, 0.1) is 0 Å². The third kappa shape index (κ3) is 7.03. The van der Waals surface area contributed by atoms with Gasteiger partial charge in [-0.15, -0.1) is 0 Å². The second-order valence-electron chi connectivity index (χ2n) is 23.0. The summed E-state index contributed by atoms with van der Waals surface area (Å²) >= 11 is 0. The van der Waals surface area contributed by atoms with E-state index in [-0.39, 0.29) is 21.7 Å². The van der Waals surface area contributed by atoms with E-state index in [1.54, 1.807) is 0 Å². The molecule has 2 aliphatic rings. The van der Waals surface area contributed by atoms with E-state index in [4.69, 9.17) is 0 Å². The highest BCUT2D eigenvalue weighted by molar-refractivity contribution is 6.10. The van der Waals surface area contributed by atoms with Gasteiger partial charge in [0.1, 0.15) is 0 Å². The van der Waals surface area contributed by atoms with Gasteiger partial charge in [-0.25, -0.2) is 0 Å². The minimum atomic E-state index is -0.374. The number of fused-ring (bicyclic) bond motifs is 7. The first kappa shape index (κ1) is 45.4. The Labute approximate surface area is 427 Å². The van der Waals surface area contributed by atoms with E-state index in [1.165, 1.54) is 105 Å². The first-order valence-electron chi connectivity index (χ1n) is 25.8. The smallest absolute Gasteiger partial charge is 0.0543 e. The van der Waals surface area contributed by atoms with Gasteiger partial charge in [0.05, 0.1) is 17.1 Å². The molecule has 72 heavy (non-hydrogen) atoms. The average molecular weight is 930 g/mol. The molecule has 0 bridgehead atoms. The van der Waals surface area contributed by atoms with Gasteiger partial charge >= 0.3 is 0 Å². The Morgan fingerprint density at radius 2 is 0.778 bits per heavy atom. The van der Waals surface area contributed by atoms with E-state index in [0.29, 0.717) is 0 Å². The minimum Gasteiger partial charge on any atom is -0.309 e. The fourth-order valence-corrected chi connectivity index (χ4v) is 12.4. The van der Waals surface area contributed by atoms with Crippen molar-refractivity contribution in [2.75, 3.05) is 4.90 Å². The Bertz CT molecular complexity index is 3720. The van der Waals surface area contributed by atoms with Gasteiger partial charge in [-0.3, -0.25) is 0 Å². The second-order valence-corrected chi connectivity index (χ2v) is 23.0. The molecular weight excluding hydrogens is 867 g/mol. The lowest BCUT2D eigenvalue weighted by Gasteiger charge is -2.33. The van der Waals surface area contributed by atoms with Gasteiger partial charge in [-0.2, -0.15) is 0 Å². The van der Waals surface area contributed by atoms with Crippen LogP contribution < -0.4 is 4.90 Å². The summed E-state index contributed by atoms with van der Waals surface area (Å²) in [5, 5.41) is 2.48. The largest absolute Gasteiger partial charge is 0.309 e. The fourth-order valence-electron chi connectivity index (χ4n) is 12.4. The maximum Gasteiger partial charge on any atom is 0.0543 e. The minimum absolute atomic E-state index is 0.0221. The molecule has 12 rings (SSSR count). The molecule has 0 heterocycles. The summed E-state index contributed by atoms with van der Waals surface area (Å²) in [6.45, 7) is 21.2. The Balaban J connectivity index is 1.17. The summed E-state index contributed by atoms with van der Waals surface area (Å²) in [6, 6.07) is 82.7. The van der Waals surface area contributed by atoms with Crippen molar-refractivity contribution in [2.24, 2.45) is 0 Å². The summed E-state index contributed by atoms with van der Waals surface area (Å²) < 4.78 is 0. The molecule has 0 saturated heterocycles. The Morgan fingerprint density at radius 1 is 0.333 bits per heavy atom. The average Bonchev–Trinajstić information content (AvgIpc) is 3.80. The predicted molar refractivity (Wildman–Crippen MR) is 307 cm³/mol. The molecule has 0 radical (unpaired) electrons. The Morgan fingerprint density at radius 3 is 1.42 bits per heavy atom. The topological polar surface area (TPSA) is 3.24 Å². The molecule has 1 heteroatoms. The lowest BCUT2D eigenvalue weighted by Crippen LogP contribution is -2.22. The molecule has 10 aromatic rings. The molecule has 2 aliphatic carbocycles. The highest BCUT2D eigenvalue weighted by Crippen LogP contribution is 2.59. The van der Waals surface area contributed by atoms with E-state index in [1.807, 2.05) is 0 Å². The zero-order valence-corrected chi connectivity index (χ0v) is 43.2. The standard InChI is InChI=1S/C71H63N/c1-68(2,3)49-43-47(44-50(45-49)69(4,5)6)51-33-21-25-46-26-22-34-54(65(46)51)52-29-15-19-40-62(52)72(64-42-24-39-61-67(64)57-32-14-18-37-59(57)71(61,9)48-27-11-10-12-28-48)63-41-20-16-30-53(63)55-35-23-38-60-66(55)56-31-13-17-36-58(56)70(60,7)8/h10-45H,1-9H3. The fraction of sp³-hybridized carbons (Fsp3) is 0.183. The Hall–Kier alpha value is -7.74. The molecule has 352 valence electrons. The van der Waals surface area contributed by atoms with Crippen molar-refractivity contribution in [3.05, 3.63) is 257 Å². The molecule has 0 N–H and O–H groups in total. The van der Waals surface area contributed by atoms with Crippen molar-refractivity contribution in [3.8, 4) is 55.6 Å². The molecule has 0 aliphatic heterocycles. The van der Waals surface area contributed by atoms with Gasteiger partial charge in [0.25, 0.3) is 0 Å². The summed E-state index contributed by atoms with van der Waals surface area (Å²) in [4.78, 5) is 2.61. The molecule has 10 aromatic carbocycles. The van der Waals surface area contributed by atoms with Gasteiger partial charge in [0, 0.05) is 27.5 Å².